The van der Waals surface area contributed by atoms with E-state index in [1.165, 1.54) is 10.4 Å². The highest BCUT2D eigenvalue weighted by Gasteiger charge is 2.28. The lowest BCUT2D eigenvalue weighted by Crippen LogP contribution is -2.42. The van der Waals surface area contributed by atoms with Gasteiger partial charge in [0.05, 0.1) is 10.4 Å². The first kappa shape index (κ1) is 24.7. The lowest BCUT2D eigenvalue weighted by atomic mass is 9.86. The summed E-state index contributed by atoms with van der Waals surface area (Å²) in [6.07, 6.45) is 11.2. The van der Waals surface area contributed by atoms with Crippen LogP contribution >= 0.6 is 0 Å². The standard InChI is InChI=1S/C26H35N3O4S/c1-3-14-28-18-22(26(31)27-23-11-7-6-10-19(23)2)25(30)21-17-20(12-13-24(21)28)34(32,33)29-15-8-4-5-9-16-29/h3,12-13,17-19,23H,1,4-11,14-16H2,2H3,(H,27,31)/t19-,23+/m0/s1. The summed E-state index contributed by atoms with van der Waals surface area (Å²) in [6, 6.07) is 4.71. The van der Waals surface area contributed by atoms with E-state index in [1.807, 2.05) is 0 Å². The van der Waals surface area contributed by atoms with Gasteiger partial charge in [-0.1, -0.05) is 38.7 Å². The van der Waals surface area contributed by atoms with E-state index < -0.39 is 21.4 Å². The van der Waals surface area contributed by atoms with Crippen molar-refractivity contribution in [2.24, 2.45) is 5.92 Å². The molecule has 0 radical (unpaired) electrons. The first-order chi connectivity index (χ1) is 16.3. The molecular formula is C26H35N3O4S. The predicted molar refractivity (Wildman–Crippen MR) is 135 cm³/mol. The van der Waals surface area contributed by atoms with Gasteiger partial charge in [0.15, 0.2) is 0 Å². The highest BCUT2D eigenvalue weighted by atomic mass is 32.2. The number of fused-ring (bicyclic) bond motifs is 1. The minimum Gasteiger partial charge on any atom is -0.349 e. The largest absolute Gasteiger partial charge is 0.349 e. The normalized spacial score (nSPS) is 22.3. The van der Waals surface area contributed by atoms with Crippen LogP contribution in [-0.2, 0) is 16.6 Å². The number of benzene rings is 1. The number of sulfonamides is 1. The number of hydrogen-bond donors (Lipinski definition) is 1. The number of rotatable bonds is 6. The third-order valence-electron chi connectivity index (χ3n) is 7.25. The van der Waals surface area contributed by atoms with E-state index in [0.717, 1.165) is 51.4 Å². The molecule has 1 amide bonds. The van der Waals surface area contributed by atoms with Gasteiger partial charge in [0.2, 0.25) is 15.5 Å². The lowest BCUT2D eigenvalue weighted by Gasteiger charge is -2.29. The van der Waals surface area contributed by atoms with Crippen LogP contribution in [0.15, 0.2) is 46.7 Å². The fourth-order valence-corrected chi connectivity index (χ4v) is 6.74. The second-order valence-electron chi connectivity index (χ2n) is 9.65. The third kappa shape index (κ3) is 4.98. The van der Waals surface area contributed by atoms with E-state index in [2.05, 4.69) is 18.8 Å². The molecule has 2 atom stereocenters. The molecule has 2 heterocycles. The van der Waals surface area contributed by atoms with E-state index in [4.69, 9.17) is 0 Å². The van der Waals surface area contributed by atoms with Gasteiger partial charge in [-0.25, -0.2) is 8.42 Å². The van der Waals surface area contributed by atoms with Crippen molar-refractivity contribution in [3.8, 4) is 0 Å². The second kappa shape index (κ2) is 10.4. The van der Waals surface area contributed by atoms with E-state index in [-0.39, 0.29) is 21.9 Å². The molecule has 0 spiro atoms. The Hall–Kier alpha value is -2.45. The summed E-state index contributed by atoms with van der Waals surface area (Å²) in [4.78, 5) is 26.7. The van der Waals surface area contributed by atoms with Crippen molar-refractivity contribution in [3.63, 3.8) is 0 Å². The molecule has 2 aliphatic rings. The van der Waals surface area contributed by atoms with Gasteiger partial charge in [-0.2, -0.15) is 4.31 Å². The van der Waals surface area contributed by atoms with Crippen LogP contribution < -0.4 is 10.7 Å². The fraction of sp³-hybridized carbons (Fsp3) is 0.538. The van der Waals surface area contributed by atoms with Crippen molar-refractivity contribution < 1.29 is 13.2 Å². The summed E-state index contributed by atoms with van der Waals surface area (Å²) in [7, 11) is -3.72. The van der Waals surface area contributed by atoms with Crippen molar-refractivity contribution >= 4 is 26.8 Å². The smallest absolute Gasteiger partial charge is 0.256 e. The Kier molecular flexibility index (Phi) is 7.57. The molecule has 1 aliphatic heterocycles. The van der Waals surface area contributed by atoms with Crippen LogP contribution in [0.5, 0.6) is 0 Å². The second-order valence-corrected chi connectivity index (χ2v) is 11.6. The minimum atomic E-state index is -3.72. The third-order valence-corrected chi connectivity index (χ3v) is 9.15. The summed E-state index contributed by atoms with van der Waals surface area (Å²) in [5.74, 6) is -0.0387. The Balaban J connectivity index is 1.76. The molecule has 184 valence electrons. The molecule has 0 bridgehead atoms. The highest BCUT2D eigenvalue weighted by molar-refractivity contribution is 7.89. The maximum absolute atomic E-state index is 13.5. The van der Waals surface area contributed by atoms with Gasteiger partial charge in [-0.3, -0.25) is 9.59 Å². The van der Waals surface area contributed by atoms with Crippen molar-refractivity contribution in [3.05, 3.63) is 52.8 Å². The zero-order chi connectivity index (χ0) is 24.3. The minimum absolute atomic E-state index is 0.0384. The van der Waals surface area contributed by atoms with Crippen LogP contribution in [0, 0.1) is 5.92 Å². The number of carbonyl (C=O) groups excluding carboxylic acids is 1. The first-order valence-electron chi connectivity index (χ1n) is 12.4. The van der Waals surface area contributed by atoms with E-state index in [0.29, 0.717) is 31.1 Å². The van der Waals surface area contributed by atoms with Crippen LogP contribution in [0.3, 0.4) is 0 Å². The molecule has 1 aliphatic carbocycles. The van der Waals surface area contributed by atoms with Crippen LogP contribution in [0.1, 0.15) is 68.6 Å². The molecule has 2 fully saturated rings. The number of hydrogen-bond acceptors (Lipinski definition) is 4. The zero-order valence-electron chi connectivity index (χ0n) is 20.0. The Morgan fingerprint density at radius 3 is 2.50 bits per heavy atom. The number of amides is 1. The number of pyridine rings is 1. The van der Waals surface area contributed by atoms with Crippen LogP contribution in [0.2, 0.25) is 0 Å². The molecule has 1 aromatic heterocycles. The first-order valence-corrected chi connectivity index (χ1v) is 13.9. The summed E-state index contributed by atoms with van der Waals surface area (Å²) in [5, 5.41) is 3.30. The van der Waals surface area contributed by atoms with Gasteiger partial charge in [0.1, 0.15) is 5.56 Å². The molecule has 1 aromatic carbocycles. The molecule has 1 saturated carbocycles. The molecule has 7 nitrogen and oxygen atoms in total. The monoisotopic (exact) mass is 485 g/mol. The van der Waals surface area contributed by atoms with Crippen molar-refractivity contribution in [2.75, 3.05) is 13.1 Å². The molecule has 1 N–H and O–H groups in total. The van der Waals surface area contributed by atoms with Gasteiger partial charge < -0.3 is 9.88 Å². The Morgan fingerprint density at radius 2 is 1.82 bits per heavy atom. The Morgan fingerprint density at radius 1 is 1.12 bits per heavy atom. The molecule has 8 heteroatoms. The molecular weight excluding hydrogens is 450 g/mol. The fourth-order valence-electron chi connectivity index (χ4n) is 5.20. The van der Waals surface area contributed by atoms with Gasteiger partial charge in [0, 0.05) is 37.3 Å². The number of aromatic nitrogens is 1. The average Bonchev–Trinajstić information content (AvgIpc) is 3.12. The summed E-state index contributed by atoms with van der Waals surface area (Å²) < 4.78 is 30.0. The maximum atomic E-state index is 13.5. The summed E-state index contributed by atoms with van der Waals surface area (Å²) in [6.45, 7) is 7.29. The lowest BCUT2D eigenvalue weighted by molar-refractivity contribution is 0.0908. The molecule has 0 unspecified atom stereocenters. The SMILES string of the molecule is C=CCn1cc(C(=O)N[C@@H]2CCCC[C@@H]2C)c(=O)c2cc(S(=O)(=O)N3CCCCCC3)ccc21. The Bertz CT molecular complexity index is 1230. The van der Waals surface area contributed by atoms with Gasteiger partial charge >= 0.3 is 0 Å². The highest BCUT2D eigenvalue weighted by Crippen LogP contribution is 2.25. The van der Waals surface area contributed by atoms with E-state index >= 15 is 0 Å². The quantitative estimate of drug-likeness (QED) is 0.625. The van der Waals surface area contributed by atoms with E-state index in [9.17, 15) is 18.0 Å². The number of nitrogens with zero attached hydrogens (tertiary/aromatic N) is 2. The molecule has 1 saturated heterocycles. The zero-order valence-corrected chi connectivity index (χ0v) is 20.8. The summed E-state index contributed by atoms with van der Waals surface area (Å²) >= 11 is 0. The topological polar surface area (TPSA) is 88.5 Å². The average molecular weight is 486 g/mol. The van der Waals surface area contributed by atoms with Gasteiger partial charge in [0.25, 0.3) is 5.91 Å². The van der Waals surface area contributed by atoms with Crippen LogP contribution in [0.25, 0.3) is 10.9 Å². The van der Waals surface area contributed by atoms with E-state index in [1.54, 1.807) is 29.0 Å². The predicted octanol–water partition coefficient (Wildman–Crippen LogP) is 4.06. The molecule has 4 rings (SSSR count). The van der Waals surface area contributed by atoms with Crippen molar-refractivity contribution in [1.82, 2.24) is 14.2 Å². The Labute approximate surface area is 201 Å². The van der Waals surface area contributed by atoms with Crippen molar-refractivity contribution in [2.45, 2.75) is 75.8 Å². The number of allylic oxidation sites excluding steroid dienone is 1. The maximum Gasteiger partial charge on any atom is 0.256 e. The van der Waals surface area contributed by atoms with Crippen LogP contribution in [-0.4, -0.2) is 42.3 Å². The van der Waals surface area contributed by atoms with Crippen molar-refractivity contribution in [1.29, 1.82) is 0 Å². The van der Waals surface area contributed by atoms with Crippen LogP contribution in [0.4, 0.5) is 0 Å². The van der Waals surface area contributed by atoms with Gasteiger partial charge in [-0.15, -0.1) is 6.58 Å². The molecule has 2 aromatic rings. The number of carbonyl (C=O) groups is 1. The summed E-state index contributed by atoms with van der Waals surface area (Å²) in [5.41, 5.74) is 0.183. The molecule has 34 heavy (non-hydrogen) atoms. The van der Waals surface area contributed by atoms with Gasteiger partial charge in [-0.05, 0) is 49.8 Å². The number of nitrogens with one attached hydrogen (secondary N) is 1.